The lowest BCUT2D eigenvalue weighted by molar-refractivity contribution is 0.356. The molecule has 21 heavy (non-hydrogen) atoms. The Kier molecular flexibility index (Phi) is 3.53. The fraction of sp³-hybridized carbons (Fsp3) is 0.375. The Morgan fingerprint density at radius 1 is 1.10 bits per heavy atom. The number of aromatic nitrogens is 1. The van der Waals surface area contributed by atoms with Gasteiger partial charge in [-0.3, -0.25) is 0 Å². The number of hydrogen-bond acceptors (Lipinski definition) is 5. The first-order chi connectivity index (χ1) is 10.3. The number of nitrogens with zero attached hydrogens (tertiary/aromatic N) is 3. The van der Waals surface area contributed by atoms with Crippen LogP contribution in [0.15, 0.2) is 18.2 Å². The zero-order valence-electron chi connectivity index (χ0n) is 12.2. The first kappa shape index (κ1) is 13.5. The molecule has 0 aliphatic carbocycles. The van der Waals surface area contributed by atoms with E-state index in [9.17, 15) is 5.26 Å². The third kappa shape index (κ3) is 2.33. The first-order valence-electron chi connectivity index (χ1n) is 6.98. The van der Waals surface area contributed by atoms with Gasteiger partial charge in [-0.05, 0) is 25.0 Å². The van der Waals surface area contributed by atoms with Gasteiger partial charge in [0.15, 0.2) is 11.5 Å². The van der Waals surface area contributed by atoms with Crippen molar-refractivity contribution in [3.05, 3.63) is 23.8 Å². The van der Waals surface area contributed by atoms with Gasteiger partial charge in [0, 0.05) is 24.5 Å². The molecule has 1 aliphatic rings. The van der Waals surface area contributed by atoms with E-state index in [1.54, 1.807) is 14.2 Å². The molecule has 108 valence electrons. The third-order valence-electron chi connectivity index (χ3n) is 3.83. The topological polar surface area (TPSA) is 58.4 Å². The lowest BCUT2D eigenvalue weighted by Crippen LogP contribution is -2.20. The molecule has 5 nitrogen and oxygen atoms in total. The maximum Gasteiger partial charge on any atom is 0.162 e. The van der Waals surface area contributed by atoms with E-state index in [-0.39, 0.29) is 0 Å². The zero-order chi connectivity index (χ0) is 14.8. The van der Waals surface area contributed by atoms with E-state index in [0.717, 1.165) is 42.7 Å². The second-order valence-electron chi connectivity index (χ2n) is 5.07. The molecule has 3 rings (SSSR count). The fourth-order valence-electron chi connectivity index (χ4n) is 2.74. The van der Waals surface area contributed by atoms with Crippen LogP contribution < -0.4 is 14.4 Å². The molecule has 5 heteroatoms. The summed E-state index contributed by atoms with van der Waals surface area (Å²) < 4.78 is 10.6. The van der Waals surface area contributed by atoms with Crippen LogP contribution in [0.25, 0.3) is 10.9 Å². The van der Waals surface area contributed by atoms with Crippen molar-refractivity contribution in [3.63, 3.8) is 0 Å². The summed E-state index contributed by atoms with van der Waals surface area (Å²) in [7, 11) is 3.20. The first-order valence-corrected chi connectivity index (χ1v) is 6.98. The van der Waals surface area contributed by atoms with E-state index in [2.05, 4.69) is 16.0 Å². The van der Waals surface area contributed by atoms with Crippen molar-refractivity contribution < 1.29 is 9.47 Å². The van der Waals surface area contributed by atoms with E-state index in [1.165, 1.54) is 0 Å². The van der Waals surface area contributed by atoms with Gasteiger partial charge in [0.1, 0.15) is 11.9 Å². The van der Waals surface area contributed by atoms with Crippen molar-refractivity contribution in [1.82, 2.24) is 4.98 Å². The van der Waals surface area contributed by atoms with Gasteiger partial charge in [-0.2, -0.15) is 5.26 Å². The van der Waals surface area contributed by atoms with Crippen LogP contribution in [0.3, 0.4) is 0 Å². The average Bonchev–Trinajstić information content (AvgIpc) is 3.06. The lowest BCUT2D eigenvalue weighted by Gasteiger charge is -2.18. The zero-order valence-corrected chi connectivity index (χ0v) is 12.2. The van der Waals surface area contributed by atoms with Gasteiger partial charge >= 0.3 is 0 Å². The quantitative estimate of drug-likeness (QED) is 0.867. The number of pyridine rings is 1. The molecule has 1 aliphatic heterocycles. The predicted molar refractivity (Wildman–Crippen MR) is 81.0 cm³/mol. The van der Waals surface area contributed by atoms with Crippen LogP contribution in [0.4, 0.5) is 5.82 Å². The Balaban J connectivity index is 2.19. The van der Waals surface area contributed by atoms with E-state index in [1.807, 2.05) is 18.2 Å². The Bertz CT molecular complexity index is 716. The van der Waals surface area contributed by atoms with Crippen molar-refractivity contribution in [3.8, 4) is 17.6 Å². The van der Waals surface area contributed by atoms with Crippen LogP contribution in [0.1, 0.15) is 18.4 Å². The van der Waals surface area contributed by atoms with Crippen LogP contribution in [0, 0.1) is 11.3 Å². The molecule has 0 radical (unpaired) electrons. The highest BCUT2D eigenvalue weighted by Gasteiger charge is 2.19. The molecule has 0 N–H and O–H groups in total. The van der Waals surface area contributed by atoms with E-state index >= 15 is 0 Å². The van der Waals surface area contributed by atoms with Crippen LogP contribution in [0.5, 0.6) is 11.5 Å². The predicted octanol–water partition coefficient (Wildman–Crippen LogP) is 2.72. The van der Waals surface area contributed by atoms with E-state index < -0.39 is 0 Å². The van der Waals surface area contributed by atoms with Crippen LogP contribution in [0.2, 0.25) is 0 Å². The van der Waals surface area contributed by atoms with Gasteiger partial charge in [0.05, 0.1) is 25.3 Å². The number of hydrogen-bond donors (Lipinski definition) is 0. The summed E-state index contributed by atoms with van der Waals surface area (Å²) in [6, 6.07) is 7.84. The van der Waals surface area contributed by atoms with Crippen LogP contribution >= 0.6 is 0 Å². The molecule has 0 bridgehead atoms. The number of methoxy groups -OCH3 is 2. The van der Waals surface area contributed by atoms with Gasteiger partial charge < -0.3 is 14.4 Å². The molecule has 0 saturated carbocycles. The molecular weight excluding hydrogens is 266 g/mol. The van der Waals surface area contributed by atoms with Crippen molar-refractivity contribution in [2.24, 2.45) is 0 Å². The number of fused-ring (bicyclic) bond motifs is 1. The lowest BCUT2D eigenvalue weighted by atomic mass is 10.1. The molecular formula is C16H17N3O2. The highest BCUT2D eigenvalue weighted by atomic mass is 16.5. The Morgan fingerprint density at radius 2 is 1.76 bits per heavy atom. The Morgan fingerprint density at radius 3 is 2.38 bits per heavy atom. The number of rotatable bonds is 3. The van der Waals surface area contributed by atoms with Gasteiger partial charge in [0.2, 0.25) is 0 Å². The summed E-state index contributed by atoms with van der Waals surface area (Å²) >= 11 is 0. The second-order valence-corrected chi connectivity index (χ2v) is 5.07. The molecule has 1 aromatic carbocycles. The largest absolute Gasteiger partial charge is 0.493 e. The van der Waals surface area contributed by atoms with Crippen molar-refractivity contribution in [2.45, 2.75) is 12.8 Å². The second kappa shape index (κ2) is 5.49. The summed E-state index contributed by atoms with van der Waals surface area (Å²) in [5, 5.41) is 10.3. The standard InChI is InChI=1S/C16H17N3O2/c1-20-14-8-11-7-12(10-17)16(19-5-3-4-6-19)18-13(11)9-15(14)21-2/h7-9H,3-6H2,1-2H3. The highest BCUT2D eigenvalue weighted by molar-refractivity contribution is 5.86. The van der Waals surface area contributed by atoms with Crippen molar-refractivity contribution >= 4 is 16.7 Å². The van der Waals surface area contributed by atoms with Crippen molar-refractivity contribution in [1.29, 1.82) is 5.26 Å². The SMILES string of the molecule is COc1cc2cc(C#N)c(N3CCCC3)nc2cc1OC. The molecule has 1 aromatic heterocycles. The maximum absolute atomic E-state index is 9.39. The Hall–Kier alpha value is -2.48. The molecule has 0 unspecified atom stereocenters. The third-order valence-corrected chi connectivity index (χ3v) is 3.83. The minimum atomic E-state index is 0.608. The van der Waals surface area contributed by atoms with Gasteiger partial charge in [-0.1, -0.05) is 0 Å². The number of nitriles is 1. The van der Waals surface area contributed by atoms with Gasteiger partial charge in [-0.15, -0.1) is 0 Å². The summed E-state index contributed by atoms with van der Waals surface area (Å²) in [5.41, 5.74) is 1.42. The minimum Gasteiger partial charge on any atom is -0.493 e. The molecule has 0 amide bonds. The summed E-state index contributed by atoms with van der Waals surface area (Å²) in [6.45, 7) is 1.92. The summed E-state index contributed by atoms with van der Waals surface area (Å²) in [5.74, 6) is 2.06. The highest BCUT2D eigenvalue weighted by Crippen LogP contribution is 2.34. The Labute approximate surface area is 123 Å². The molecule has 1 fully saturated rings. The maximum atomic E-state index is 9.39. The molecule has 0 atom stereocenters. The van der Waals surface area contributed by atoms with Crippen molar-refractivity contribution in [2.75, 3.05) is 32.2 Å². The number of anilines is 1. The minimum absolute atomic E-state index is 0.608. The molecule has 2 aromatic rings. The fourth-order valence-corrected chi connectivity index (χ4v) is 2.74. The van der Waals surface area contributed by atoms with Gasteiger partial charge in [-0.25, -0.2) is 4.98 Å². The smallest absolute Gasteiger partial charge is 0.162 e. The van der Waals surface area contributed by atoms with E-state index in [0.29, 0.717) is 17.1 Å². The monoisotopic (exact) mass is 283 g/mol. The van der Waals surface area contributed by atoms with Gasteiger partial charge in [0.25, 0.3) is 0 Å². The average molecular weight is 283 g/mol. The molecule has 2 heterocycles. The molecule has 1 saturated heterocycles. The normalized spacial score (nSPS) is 14.2. The van der Waals surface area contributed by atoms with Crippen LogP contribution in [-0.4, -0.2) is 32.3 Å². The number of benzene rings is 1. The number of ether oxygens (including phenoxy) is 2. The van der Waals surface area contributed by atoms with E-state index in [4.69, 9.17) is 9.47 Å². The summed E-state index contributed by atoms with van der Waals surface area (Å²) in [6.07, 6.45) is 2.30. The summed E-state index contributed by atoms with van der Waals surface area (Å²) in [4.78, 5) is 6.86. The molecule has 0 spiro atoms. The van der Waals surface area contributed by atoms with Crippen LogP contribution in [-0.2, 0) is 0 Å².